The molecule has 0 aliphatic rings. The van der Waals surface area contributed by atoms with Crippen LogP contribution in [0.25, 0.3) is 9.40 Å². The number of rotatable bonds is 0. The van der Waals surface area contributed by atoms with Crippen LogP contribution in [-0.4, -0.2) is 4.37 Å². The summed E-state index contributed by atoms with van der Waals surface area (Å²) >= 11 is 3.38. The maximum atomic E-state index is 4.05. The maximum Gasteiger partial charge on any atom is 0.0660 e. The minimum absolute atomic E-state index is 1.32. The summed E-state index contributed by atoms with van der Waals surface area (Å²) in [6, 6.07) is 2.18. The molecule has 0 atom stereocenters. The predicted molar refractivity (Wildman–Crippen MR) is 42.2 cm³/mol. The van der Waals surface area contributed by atoms with E-state index in [2.05, 4.69) is 17.4 Å². The van der Waals surface area contributed by atoms with Crippen LogP contribution in [0.4, 0.5) is 0 Å². The number of fused-ring (bicyclic) bond motifs is 1. The highest BCUT2D eigenvalue weighted by molar-refractivity contribution is 7.25. The molecule has 0 radical (unpaired) electrons. The van der Waals surface area contributed by atoms with E-state index < -0.39 is 0 Å². The molecule has 0 aromatic carbocycles. The summed E-state index contributed by atoms with van der Waals surface area (Å²) in [6.45, 7) is 2.12. The van der Waals surface area contributed by atoms with Gasteiger partial charge in [-0.05, 0) is 24.5 Å². The van der Waals surface area contributed by atoms with Gasteiger partial charge in [-0.2, -0.15) is 4.37 Å². The third kappa shape index (κ3) is 0.767. The largest absolute Gasteiger partial charge is 0.199 e. The SMILES string of the molecule is Cc1cc2sncc2s1. The lowest BCUT2D eigenvalue weighted by Gasteiger charge is -1.69. The third-order valence-electron chi connectivity index (χ3n) is 1.17. The summed E-state index contributed by atoms with van der Waals surface area (Å²) < 4.78 is 6.69. The lowest BCUT2D eigenvalue weighted by atomic mass is 10.5. The molecule has 2 aromatic heterocycles. The number of nitrogens with zero attached hydrogens (tertiary/aromatic N) is 1. The Bertz CT molecular complexity index is 292. The first-order chi connectivity index (χ1) is 4.36. The van der Waals surface area contributed by atoms with Crippen molar-refractivity contribution in [3.63, 3.8) is 0 Å². The topological polar surface area (TPSA) is 12.9 Å². The van der Waals surface area contributed by atoms with Crippen LogP contribution in [0.15, 0.2) is 12.3 Å². The van der Waals surface area contributed by atoms with Gasteiger partial charge < -0.3 is 0 Å². The van der Waals surface area contributed by atoms with Gasteiger partial charge >= 0.3 is 0 Å². The van der Waals surface area contributed by atoms with Gasteiger partial charge in [0.2, 0.25) is 0 Å². The molecule has 2 rings (SSSR count). The van der Waals surface area contributed by atoms with Crippen LogP contribution in [0.1, 0.15) is 4.88 Å². The van der Waals surface area contributed by atoms with Crippen molar-refractivity contribution < 1.29 is 0 Å². The van der Waals surface area contributed by atoms with E-state index in [-0.39, 0.29) is 0 Å². The Balaban J connectivity index is 2.92. The molecular formula is C6H5NS2. The van der Waals surface area contributed by atoms with Crippen molar-refractivity contribution in [2.45, 2.75) is 6.92 Å². The summed E-state index contributed by atoms with van der Waals surface area (Å²) in [5, 5.41) is 0. The van der Waals surface area contributed by atoms with Crippen molar-refractivity contribution in [2.24, 2.45) is 0 Å². The van der Waals surface area contributed by atoms with Crippen LogP contribution in [0.3, 0.4) is 0 Å². The molecule has 0 fully saturated rings. The maximum absolute atomic E-state index is 4.05. The fourth-order valence-electron chi connectivity index (χ4n) is 0.801. The molecule has 0 N–H and O–H groups in total. The van der Waals surface area contributed by atoms with Crippen molar-refractivity contribution in [1.82, 2.24) is 4.37 Å². The monoisotopic (exact) mass is 155 g/mol. The van der Waals surface area contributed by atoms with E-state index in [0.29, 0.717) is 0 Å². The average Bonchev–Trinajstić information content (AvgIpc) is 2.22. The van der Waals surface area contributed by atoms with Crippen LogP contribution in [0.2, 0.25) is 0 Å². The molecule has 0 spiro atoms. The Morgan fingerprint density at radius 2 is 2.33 bits per heavy atom. The van der Waals surface area contributed by atoms with Crippen molar-refractivity contribution in [3.8, 4) is 0 Å². The highest BCUT2D eigenvalue weighted by atomic mass is 32.1. The van der Waals surface area contributed by atoms with E-state index in [1.807, 2.05) is 6.20 Å². The summed E-state index contributed by atoms with van der Waals surface area (Å²) in [4.78, 5) is 1.37. The molecule has 2 aromatic rings. The molecule has 46 valence electrons. The lowest BCUT2D eigenvalue weighted by Crippen LogP contribution is -1.46. The zero-order valence-corrected chi connectivity index (χ0v) is 6.55. The molecule has 9 heavy (non-hydrogen) atoms. The Morgan fingerprint density at radius 1 is 1.44 bits per heavy atom. The van der Waals surface area contributed by atoms with E-state index >= 15 is 0 Å². The highest BCUT2D eigenvalue weighted by Crippen LogP contribution is 2.26. The summed E-state index contributed by atoms with van der Waals surface area (Å²) in [6.07, 6.45) is 1.93. The number of aromatic nitrogens is 1. The summed E-state index contributed by atoms with van der Waals surface area (Å²) in [5.74, 6) is 0. The quantitative estimate of drug-likeness (QED) is 0.570. The van der Waals surface area contributed by atoms with Gasteiger partial charge in [0.15, 0.2) is 0 Å². The van der Waals surface area contributed by atoms with Crippen LogP contribution in [0.5, 0.6) is 0 Å². The normalized spacial score (nSPS) is 10.8. The number of hydrogen-bond acceptors (Lipinski definition) is 3. The van der Waals surface area contributed by atoms with Crippen molar-refractivity contribution in [2.75, 3.05) is 0 Å². The molecule has 3 heteroatoms. The fraction of sp³-hybridized carbons (Fsp3) is 0.167. The molecule has 0 bridgehead atoms. The second-order valence-corrected chi connectivity index (χ2v) is 4.03. The summed E-state index contributed by atoms with van der Waals surface area (Å²) in [7, 11) is 0. The standard InChI is InChI=1S/C6H5NS2/c1-4-2-5-6(8-4)3-7-9-5/h2-3H,1H3. The third-order valence-corrected chi connectivity index (χ3v) is 3.03. The number of hydrogen-bond donors (Lipinski definition) is 0. The van der Waals surface area contributed by atoms with E-state index in [1.54, 1.807) is 22.9 Å². The summed E-state index contributed by atoms with van der Waals surface area (Å²) in [5.41, 5.74) is 0. The van der Waals surface area contributed by atoms with Gasteiger partial charge in [-0.25, -0.2) is 0 Å². The zero-order chi connectivity index (χ0) is 6.27. The highest BCUT2D eigenvalue weighted by Gasteiger charge is 1.97. The van der Waals surface area contributed by atoms with Crippen LogP contribution in [0, 0.1) is 6.92 Å². The molecule has 1 nitrogen and oxygen atoms in total. The average molecular weight is 155 g/mol. The fourth-order valence-corrected chi connectivity index (χ4v) is 2.61. The van der Waals surface area contributed by atoms with Gasteiger partial charge in [-0.1, -0.05) is 0 Å². The molecule has 0 saturated heterocycles. The van der Waals surface area contributed by atoms with Crippen molar-refractivity contribution in [1.29, 1.82) is 0 Å². The first-order valence-corrected chi connectivity index (χ1v) is 4.26. The molecule has 0 saturated carbocycles. The van der Waals surface area contributed by atoms with E-state index in [4.69, 9.17) is 0 Å². The molecule has 0 aliphatic heterocycles. The molecule has 0 aliphatic carbocycles. The second-order valence-electron chi connectivity index (χ2n) is 1.91. The van der Waals surface area contributed by atoms with Crippen LogP contribution >= 0.6 is 22.9 Å². The number of thiophene rings is 1. The van der Waals surface area contributed by atoms with Crippen molar-refractivity contribution in [3.05, 3.63) is 17.1 Å². The molecule has 0 amide bonds. The predicted octanol–water partition coefficient (Wildman–Crippen LogP) is 2.67. The molecular weight excluding hydrogens is 150 g/mol. The first kappa shape index (κ1) is 5.38. The smallest absolute Gasteiger partial charge is 0.0660 e. The Kier molecular flexibility index (Phi) is 1.07. The minimum Gasteiger partial charge on any atom is -0.199 e. The second kappa shape index (κ2) is 1.78. The van der Waals surface area contributed by atoms with Gasteiger partial charge in [-0.15, -0.1) is 11.3 Å². The van der Waals surface area contributed by atoms with Gasteiger partial charge in [0.1, 0.15) is 0 Å². The van der Waals surface area contributed by atoms with Crippen LogP contribution in [-0.2, 0) is 0 Å². The first-order valence-electron chi connectivity index (χ1n) is 2.67. The van der Waals surface area contributed by atoms with Gasteiger partial charge in [0, 0.05) is 4.88 Å². The molecule has 2 heterocycles. The Morgan fingerprint density at radius 3 is 3.11 bits per heavy atom. The van der Waals surface area contributed by atoms with Gasteiger partial charge in [0.25, 0.3) is 0 Å². The number of aryl methyl sites for hydroxylation is 1. The van der Waals surface area contributed by atoms with Crippen LogP contribution < -0.4 is 0 Å². The Labute approximate surface area is 61.1 Å². The van der Waals surface area contributed by atoms with Gasteiger partial charge in [0.05, 0.1) is 15.6 Å². The minimum atomic E-state index is 1.32. The van der Waals surface area contributed by atoms with Crippen molar-refractivity contribution >= 4 is 32.3 Å². The van der Waals surface area contributed by atoms with E-state index in [0.717, 1.165) is 0 Å². The Hall–Kier alpha value is -0.410. The molecule has 0 unspecified atom stereocenters. The van der Waals surface area contributed by atoms with Gasteiger partial charge in [-0.3, -0.25) is 0 Å². The van der Waals surface area contributed by atoms with E-state index in [1.165, 1.54) is 14.3 Å². The van der Waals surface area contributed by atoms with E-state index in [9.17, 15) is 0 Å². The zero-order valence-electron chi connectivity index (χ0n) is 4.92. The lowest BCUT2D eigenvalue weighted by molar-refractivity contribution is 1.62.